The zero-order chi connectivity index (χ0) is 18.9. The second-order valence-electron chi connectivity index (χ2n) is 7.71. The first-order valence-corrected chi connectivity index (χ1v) is 10.1. The maximum absolute atomic E-state index is 5.83. The van der Waals surface area contributed by atoms with Crippen LogP contribution in [0.15, 0.2) is 54.6 Å². The molecule has 2 aromatic carbocycles. The molecule has 1 saturated heterocycles. The van der Waals surface area contributed by atoms with Gasteiger partial charge in [-0.2, -0.15) is 0 Å². The fourth-order valence-electron chi connectivity index (χ4n) is 3.92. The molecule has 0 bridgehead atoms. The van der Waals surface area contributed by atoms with E-state index < -0.39 is 0 Å². The van der Waals surface area contributed by atoms with Crippen molar-refractivity contribution >= 4 is 0 Å². The highest BCUT2D eigenvalue weighted by Gasteiger charge is 2.24. The van der Waals surface area contributed by atoms with Crippen molar-refractivity contribution in [2.45, 2.75) is 20.3 Å². The third-order valence-electron chi connectivity index (χ3n) is 4.96. The lowest BCUT2D eigenvalue weighted by molar-refractivity contribution is -0.912. The Morgan fingerprint density at radius 1 is 0.815 bits per heavy atom. The number of quaternary nitrogens is 1. The predicted molar refractivity (Wildman–Crippen MR) is 108 cm³/mol. The molecular formula is C23H32NO3+. The van der Waals surface area contributed by atoms with Crippen LogP contribution >= 0.6 is 0 Å². The smallest absolute Gasteiger partial charge is 0.131 e. The van der Waals surface area contributed by atoms with Gasteiger partial charge in [0.05, 0.1) is 26.3 Å². The van der Waals surface area contributed by atoms with E-state index in [2.05, 4.69) is 13.8 Å². The quantitative estimate of drug-likeness (QED) is 0.687. The minimum atomic E-state index is 0.553. The van der Waals surface area contributed by atoms with Crippen LogP contribution in [0.2, 0.25) is 0 Å². The fourth-order valence-corrected chi connectivity index (χ4v) is 3.92. The van der Waals surface area contributed by atoms with Gasteiger partial charge in [0, 0.05) is 17.9 Å². The number of para-hydroxylation sites is 1. The lowest BCUT2D eigenvalue weighted by Crippen LogP contribution is -3.14. The summed E-state index contributed by atoms with van der Waals surface area (Å²) >= 11 is 0. The van der Waals surface area contributed by atoms with Gasteiger partial charge in [0.2, 0.25) is 0 Å². The lowest BCUT2D eigenvalue weighted by atomic mass is 9.92. The van der Waals surface area contributed by atoms with E-state index in [1.807, 2.05) is 54.6 Å². The summed E-state index contributed by atoms with van der Waals surface area (Å²) in [4.78, 5) is 1.67. The SMILES string of the molecule is C[C@@H]1C[C@@H](C)C[NH+](CCOCCOc2cccc(Oc3ccccc3)c2)C1. The van der Waals surface area contributed by atoms with Crippen LogP contribution in [0.4, 0.5) is 0 Å². The first-order chi connectivity index (χ1) is 13.2. The van der Waals surface area contributed by atoms with Gasteiger partial charge in [-0.1, -0.05) is 38.1 Å². The van der Waals surface area contributed by atoms with Gasteiger partial charge in [0.15, 0.2) is 0 Å². The molecule has 1 N–H and O–H groups in total. The number of hydrogen-bond donors (Lipinski definition) is 1. The molecular weight excluding hydrogens is 338 g/mol. The molecule has 0 spiro atoms. The topological polar surface area (TPSA) is 32.1 Å². The third kappa shape index (κ3) is 6.89. The van der Waals surface area contributed by atoms with Gasteiger partial charge in [-0.25, -0.2) is 0 Å². The van der Waals surface area contributed by atoms with E-state index in [0.717, 1.165) is 42.2 Å². The van der Waals surface area contributed by atoms with Crippen LogP contribution in [0.5, 0.6) is 17.2 Å². The standard InChI is InChI=1S/C23H31NO3/c1-19-15-20(2)18-24(17-19)11-12-25-13-14-26-22-9-6-10-23(16-22)27-21-7-4-3-5-8-21/h3-10,16,19-20H,11-15,17-18H2,1-2H3/p+1/t19-,20-/m1/s1. The highest BCUT2D eigenvalue weighted by Crippen LogP contribution is 2.24. The number of ether oxygens (including phenoxy) is 3. The summed E-state index contributed by atoms with van der Waals surface area (Å²) in [5, 5.41) is 0. The van der Waals surface area contributed by atoms with E-state index in [9.17, 15) is 0 Å². The van der Waals surface area contributed by atoms with Crippen molar-refractivity contribution in [1.82, 2.24) is 0 Å². The Balaban J connectivity index is 1.33. The van der Waals surface area contributed by atoms with Gasteiger partial charge < -0.3 is 19.1 Å². The van der Waals surface area contributed by atoms with Gasteiger partial charge >= 0.3 is 0 Å². The van der Waals surface area contributed by atoms with Gasteiger partial charge in [-0.15, -0.1) is 0 Å². The number of piperidine rings is 1. The van der Waals surface area contributed by atoms with Crippen molar-refractivity contribution in [2.75, 3.05) is 39.5 Å². The summed E-state index contributed by atoms with van der Waals surface area (Å²) < 4.78 is 17.4. The fraction of sp³-hybridized carbons (Fsp3) is 0.478. The molecule has 0 aliphatic carbocycles. The molecule has 1 aliphatic rings. The van der Waals surface area contributed by atoms with Gasteiger partial charge in [0.25, 0.3) is 0 Å². The summed E-state index contributed by atoms with van der Waals surface area (Å²) in [6.07, 6.45) is 1.37. The monoisotopic (exact) mass is 370 g/mol. The molecule has 0 amide bonds. The maximum atomic E-state index is 5.83. The minimum Gasteiger partial charge on any atom is -0.491 e. The molecule has 4 nitrogen and oxygen atoms in total. The molecule has 0 radical (unpaired) electrons. The van der Waals surface area contributed by atoms with Crippen LogP contribution in [0.25, 0.3) is 0 Å². The number of benzene rings is 2. The average molecular weight is 371 g/mol. The molecule has 0 saturated carbocycles. The normalized spacial score (nSPS) is 22.4. The number of nitrogens with one attached hydrogen (secondary N) is 1. The van der Waals surface area contributed by atoms with Crippen LogP contribution in [0, 0.1) is 11.8 Å². The van der Waals surface area contributed by atoms with Crippen molar-refractivity contribution in [3.8, 4) is 17.2 Å². The summed E-state index contributed by atoms with van der Waals surface area (Å²) in [5.41, 5.74) is 0. The van der Waals surface area contributed by atoms with Crippen LogP contribution in [0.3, 0.4) is 0 Å². The molecule has 3 rings (SSSR count). The van der Waals surface area contributed by atoms with E-state index >= 15 is 0 Å². The molecule has 0 aromatic heterocycles. The molecule has 1 heterocycles. The van der Waals surface area contributed by atoms with E-state index in [0.29, 0.717) is 13.2 Å². The zero-order valence-electron chi connectivity index (χ0n) is 16.5. The Kier molecular flexibility index (Phi) is 7.55. The molecule has 27 heavy (non-hydrogen) atoms. The molecule has 1 fully saturated rings. The van der Waals surface area contributed by atoms with Gasteiger partial charge in [0.1, 0.15) is 30.4 Å². The number of likely N-dealkylation sites (tertiary alicyclic amines) is 1. The summed E-state index contributed by atoms with van der Waals surface area (Å²) in [6, 6.07) is 17.5. The number of hydrogen-bond acceptors (Lipinski definition) is 3. The Morgan fingerprint density at radius 3 is 2.30 bits per heavy atom. The Hall–Kier alpha value is -2.04. The van der Waals surface area contributed by atoms with Crippen LogP contribution in [-0.4, -0.2) is 39.5 Å². The minimum absolute atomic E-state index is 0.553. The van der Waals surface area contributed by atoms with E-state index in [4.69, 9.17) is 14.2 Å². The zero-order valence-corrected chi connectivity index (χ0v) is 16.5. The third-order valence-corrected chi connectivity index (χ3v) is 4.96. The average Bonchev–Trinajstić information content (AvgIpc) is 2.65. The highest BCUT2D eigenvalue weighted by atomic mass is 16.5. The van der Waals surface area contributed by atoms with Crippen LogP contribution < -0.4 is 14.4 Å². The Morgan fingerprint density at radius 2 is 1.52 bits per heavy atom. The predicted octanol–water partition coefficient (Wildman–Crippen LogP) is 3.44. The summed E-state index contributed by atoms with van der Waals surface area (Å²) in [6.45, 7) is 10.3. The van der Waals surface area contributed by atoms with Gasteiger partial charge in [-0.05, 0) is 30.7 Å². The van der Waals surface area contributed by atoms with E-state index in [-0.39, 0.29) is 0 Å². The van der Waals surface area contributed by atoms with Crippen LogP contribution in [0.1, 0.15) is 20.3 Å². The van der Waals surface area contributed by atoms with Crippen molar-refractivity contribution in [2.24, 2.45) is 11.8 Å². The van der Waals surface area contributed by atoms with Crippen molar-refractivity contribution in [1.29, 1.82) is 0 Å². The molecule has 0 unspecified atom stereocenters. The van der Waals surface area contributed by atoms with Crippen molar-refractivity contribution in [3.63, 3.8) is 0 Å². The first kappa shape index (κ1) is 19.7. The molecule has 1 aliphatic heterocycles. The van der Waals surface area contributed by atoms with Crippen molar-refractivity contribution in [3.05, 3.63) is 54.6 Å². The first-order valence-electron chi connectivity index (χ1n) is 10.1. The Labute approximate surface area is 163 Å². The van der Waals surface area contributed by atoms with Crippen LogP contribution in [-0.2, 0) is 4.74 Å². The highest BCUT2D eigenvalue weighted by molar-refractivity contribution is 5.36. The molecule has 146 valence electrons. The lowest BCUT2D eigenvalue weighted by Gasteiger charge is -2.31. The van der Waals surface area contributed by atoms with Gasteiger partial charge in [-0.3, -0.25) is 0 Å². The Bertz CT molecular complexity index is 666. The van der Waals surface area contributed by atoms with E-state index in [1.165, 1.54) is 19.5 Å². The molecule has 2 atom stereocenters. The summed E-state index contributed by atoms with van der Waals surface area (Å²) in [5.74, 6) is 4.06. The van der Waals surface area contributed by atoms with E-state index in [1.54, 1.807) is 4.90 Å². The molecule has 4 heteroatoms. The second-order valence-corrected chi connectivity index (χ2v) is 7.71. The molecule has 2 aromatic rings. The summed E-state index contributed by atoms with van der Waals surface area (Å²) in [7, 11) is 0. The second kappa shape index (κ2) is 10.3. The van der Waals surface area contributed by atoms with Crippen molar-refractivity contribution < 1.29 is 19.1 Å². The number of rotatable bonds is 9. The largest absolute Gasteiger partial charge is 0.491 e. The maximum Gasteiger partial charge on any atom is 0.131 e.